The predicted molar refractivity (Wildman–Crippen MR) is 49.7 cm³/mol. The van der Waals surface area contributed by atoms with E-state index in [4.69, 9.17) is 10.3 Å². The lowest BCUT2D eigenvalue weighted by atomic mass is 10.1. The highest BCUT2D eigenvalue weighted by atomic mass is 16.5. The number of Topliss-reactive ketones (excluding diaryl/α,β-unsaturated/α-hetero) is 1. The molecule has 0 heterocycles. The van der Waals surface area contributed by atoms with Crippen molar-refractivity contribution in [2.75, 3.05) is 6.61 Å². The van der Waals surface area contributed by atoms with E-state index in [9.17, 15) is 9.59 Å². The van der Waals surface area contributed by atoms with Crippen molar-refractivity contribution < 1.29 is 19.9 Å². The Morgan fingerprint density at radius 2 is 1.57 bits per heavy atom. The van der Waals surface area contributed by atoms with Gasteiger partial charge in [0.05, 0.1) is 0 Å². The summed E-state index contributed by atoms with van der Waals surface area (Å²) in [7, 11) is 0. The summed E-state index contributed by atoms with van der Waals surface area (Å²) >= 11 is 0. The molecular weight excluding hydrogens is 186 g/mol. The SMILES string of the molecule is O=C(CO)CCCCCCC(=O)NO. The van der Waals surface area contributed by atoms with Gasteiger partial charge in [0.15, 0.2) is 5.78 Å². The second-order valence-corrected chi connectivity index (χ2v) is 3.15. The first kappa shape index (κ1) is 13.1. The second-order valence-electron chi connectivity index (χ2n) is 3.15. The van der Waals surface area contributed by atoms with E-state index in [0.717, 1.165) is 19.3 Å². The summed E-state index contributed by atoms with van der Waals surface area (Å²) in [6.45, 7) is -0.382. The molecule has 0 atom stereocenters. The van der Waals surface area contributed by atoms with Crippen molar-refractivity contribution in [3.8, 4) is 0 Å². The first-order chi connectivity index (χ1) is 6.70. The topological polar surface area (TPSA) is 86.6 Å². The smallest absolute Gasteiger partial charge is 0.243 e. The monoisotopic (exact) mass is 203 g/mol. The molecule has 5 heteroatoms. The fourth-order valence-corrected chi connectivity index (χ4v) is 1.10. The Morgan fingerprint density at radius 1 is 1.00 bits per heavy atom. The second kappa shape index (κ2) is 8.65. The van der Waals surface area contributed by atoms with E-state index in [1.54, 1.807) is 5.48 Å². The number of carbonyl (C=O) groups is 2. The molecule has 0 unspecified atom stereocenters. The standard InChI is InChI=1S/C9H17NO4/c11-7-8(12)5-3-1-2-4-6-9(13)10-14/h11,14H,1-7H2,(H,10,13). The highest BCUT2D eigenvalue weighted by molar-refractivity contribution is 5.79. The third-order valence-electron chi connectivity index (χ3n) is 1.91. The maximum Gasteiger partial charge on any atom is 0.243 e. The molecule has 1 amide bonds. The van der Waals surface area contributed by atoms with Gasteiger partial charge in [0, 0.05) is 12.8 Å². The largest absolute Gasteiger partial charge is 0.389 e. The zero-order valence-corrected chi connectivity index (χ0v) is 8.16. The molecule has 0 radical (unpaired) electrons. The van der Waals surface area contributed by atoms with Gasteiger partial charge in [0.2, 0.25) is 5.91 Å². The van der Waals surface area contributed by atoms with Crippen molar-refractivity contribution >= 4 is 11.7 Å². The number of hydrogen-bond donors (Lipinski definition) is 3. The Labute approximate surface area is 83.1 Å². The maximum atomic E-state index is 10.7. The Hall–Kier alpha value is -0.940. The molecule has 0 aromatic carbocycles. The Morgan fingerprint density at radius 3 is 2.07 bits per heavy atom. The summed E-state index contributed by atoms with van der Waals surface area (Å²) in [5, 5.41) is 16.6. The first-order valence-electron chi connectivity index (χ1n) is 4.76. The van der Waals surface area contributed by atoms with Crippen LogP contribution in [0.25, 0.3) is 0 Å². The van der Waals surface area contributed by atoms with Crippen molar-refractivity contribution in [1.29, 1.82) is 0 Å². The lowest BCUT2D eigenvalue weighted by Crippen LogP contribution is -2.17. The van der Waals surface area contributed by atoms with Crippen molar-refractivity contribution in [1.82, 2.24) is 5.48 Å². The van der Waals surface area contributed by atoms with Gasteiger partial charge in [0.1, 0.15) is 6.61 Å². The van der Waals surface area contributed by atoms with Crippen LogP contribution in [0.5, 0.6) is 0 Å². The molecule has 0 saturated carbocycles. The van der Waals surface area contributed by atoms with Crippen molar-refractivity contribution in [3.63, 3.8) is 0 Å². The Kier molecular flexibility index (Phi) is 8.07. The van der Waals surface area contributed by atoms with Gasteiger partial charge in [-0.2, -0.15) is 0 Å². The molecule has 5 nitrogen and oxygen atoms in total. The molecule has 0 bridgehead atoms. The van der Waals surface area contributed by atoms with Crippen LogP contribution in [0.15, 0.2) is 0 Å². The summed E-state index contributed by atoms with van der Waals surface area (Å²) in [5.41, 5.74) is 1.56. The molecule has 0 aliphatic heterocycles. The van der Waals surface area contributed by atoms with Gasteiger partial charge in [-0.1, -0.05) is 12.8 Å². The van der Waals surface area contributed by atoms with Gasteiger partial charge >= 0.3 is 0 Å². The summed E-state index contributed by atoms with van der Waals surface area (Å²) in [6, 6.07) is 0. The van der Waals surface area contributed by atoms with Gasteiger partial charge in [-0.05, 0) is 12.8 Å². The summed E-state index contributed by atoms with van der Waals surface area (Å²) < 4.78 is 0. The maximum absolute atomic E-state index is 10.7. The van der Waals surface area contributed by atoms with Crippen molar-refractivity contribution in [2.24, 2.45) is 0 Å². The fraction of sp³-hybridized carbons (Fsp3) is 0.778. The molecule has 3 N–H and O–H groups in total. The third kappa shape index (κ3) is 7.70. The van der Waals surface area contributed by atoms with Crippen LogP contribution in [0.1, 0.15) is 38.5 Å². The van der Waals surface area contributed by atoms with Crippen molar-refractivity contribution in [3.05, 3.63) is 0 Å². The summed E-state index contributed by atoms with van der Waals surface area (Å²) in [6.07, 6.45) is 3.89. The van der Waals surface area contributed by atoms with E-state index < -0.39 is 0 Å². The molecule has 0 rings (SSSR count). The highest BCUT2D eigenvalue weighted by Crippen LogP contribution is 2.05. The van der Waals surface area contributed by atoms with Gasteiger partial charge in [-0.25, -0.2) is 5.48 Å². The zero-order valence-electron chi connectivity index (χ0n) is 8.16. The minimum absolute atomic E-state index is 0.141. The summed E-state index contributed by atoms with van der Waals surface area (Å²) in [5.74, 6) is -0.519. The number of hydroxylamine groups is 1. The number of rotatable bonds is 8. The van der Waals surface area contributed by atoms with Crippen LogP contribution in [0.3, 0.4) is 0 Å². The van der Waals surface area contributed by atoms with E-state index in [1.807, 2.05) is 0 Å². The van der Waals surface area contributed by atoms with E-state index >= 15 is 0 Å². The zero-order chi connectivity index (χ0) is 10.8. The van der Waals surface area contributed by atoms with E-state index in [0.29, 0.717) is 19.3 Å². The molecular formula is C9H17NO4. The van der Waals surface area contributed by atoms with Crippen molar-refractivity contribution in [2.45, 2.75) is 38.5 Å². The predicted octanol–water partition coefficient (Wildman–Crippen LogP) is 0.394. The molecule has 0 aromatic heterocycles. The number of ketones is 1. The van der Waals surface area contributed by atoms with E-state index in [-0.39, 0.29) is 18.3 Å². The number of aliphatic hydroxyl groups is 1. The minimum Gasteiger partial charge on any atom is -0.389 e. The average Bonchev–Trinajstić information content (AvgIpc) is 2.22. The van der Waals surface area contributed by atoms with Gasteiger partial charge in [0.25, 0.3) is 0 Å². The molecule has 0 aromatic rings. The van der Waals surface area contributed by atoms with Gasteiger partial charge in [-0.15, -0.1) is 0 Å². The van der Waals surface area contributed by atoms with Crippen LogP contribution in [0, 0.1) is 0 Å². The normalized spacial score (nSPS) is 9.86. The van der Waals surface area contributed by atoms with E-state index in [1.165, 1.54) is 0 Å². The molecule has 0 aliphatic rings. The minimum atomic E-state index is -0.382. The van der Waals surface area contributed by atoms with Crippen LogP contribution >= 0.6 is 0 Å². The summed E-state index contributed by atoms with van der Waals surface area (Å²) in [4.78, 5) is 21.2. The first-order valence-corrected chi connectivity index (χ1v) is 4.76. The fourth-order valence-electron chi connectivity index (χ4n) is 1.10. The molecule has 0 spiro atoms. The number of hydrogen-bond acceptors (Lipinski definition) is 4. The number of unbranched alkanes of at least 4 members (excludes halogenated alkanes) is 3. The number of carbonyl (C=O) groups excluding carboxylic acids is 2. The molecule has 0 saturated heterocycles. The lowest BCUT2D eigenvalue weighted by molar-refractivity contribution is -0.129. The van der Waals surface area contributed by atoms with Crippen LogP contribution < -0.4 is 5.48 Å². The number of amides is 1. The number of aliphatic hydroxyl groups excluding tert-OH is 1. The molecule has 0 fully saturated rings. The Bertz CT molecular complexity index is 162. The van der Waals surface area contributed by atoms with Gasteiger partial charge < -0.3 is 5.11 Å². The van der Waals surface area contributed by atoms with E-state index in [2.05, 4.69) is 0 Å². The molecule has 14 heavy (non-hydrogen) atoms. The quantitative estimate of drug-likeness (QED) is 0.302. The molecule has 82 valence electrons. The number of nitrogens with one attached hydrogen (secondary N) is 1. The third-order valence-corrected chi connectivity index (χ3v) is 1.91. The van der Waals surface area contributed by atoms with Gasteiger partial charge in [-0.3, -0.25) is 14.8 Å². The van der Waals surface area contributed by atoms with Crippen LogP contribution in [-0.2, 0) is 9.59 Å². The van der Waals surface area contributed by atoms with Crippen LogP contribution in [-0.4, -0.2) is 28.6 Å². The highest BCUT2D eigenvalue weighted by Gasteiger charge is 2.00. The lowest BCUT2D eigenvalue weighted by Gasteiger charge is -1.99. The van der Waals surface area contributed by atoms with Crippen LogP contribution in [0.2, 0.25) is 0 Å². The van der Waals surface area contributed by atoms with Crippen LogP contribution in [0.4, 0.5) is 0 Å². The average molecular weight is 203 g/mol. The molecule has 0 aliphatic carbocycles. The Balaban J connectivity index is 3.14.